The van der Waals surface area contributed by atoms with Crippen LogP contribution in [0.2, 0.25) is 0 Å². The highest BCUT2D eigenvalue weighted by Gasteiger charge is 2.24. The van der Waals surface area contributed by atoms with Crippen molar-refractivity contribution in [2.75, 3.05) is 26.2 Å². The van der Waals surface area contributed by atoms with Crippen molar-refractivity contribution in [3.63, 3.8) is 0 Å². The maximum absolute atomic E-state index is 12.4. The summed E-state index contributed by atoms with van der Waals surface area (Å²) in [7, 11) is 0. The van der Waals surface area contributed by atoms with Crippen molar-refractivity contribution >= 4 is 23.3 Å². The summed E-state index contributed by atoms with van der Waals surface area (Å²) in [5.74, 6) is -0.237. The van der Waals surface area contributed by atoms with Crippen LogP contribution in [0.15, 0.2) is 29.2 Å². The summed E-state index contributed by atoms with van der Waals surface area (Å²) < 4.78 is 5.74. The van der Waals surface area contributed by atoms with Crippen molar-refractivity contribution in [2.24, 2.45) is 0 Å². The smallest absolute Gasteiger partial charge is 0.321 e. The Bertz CT molecular complexity index is 654. The number of hydrogen-bond donors (Lipinski definition) is 3. The van der Waals surface area contributed by atoms with Gasteiger partial charge >= 0.3 is 6.03 Å². The third-order valence-electron chi connectivity index (χ3n) is 5.32. The lowest BCUT2D eigenvalue weighted by Gasteiger charge is -2.21. The van der Waals surface area contributed by atoms with Crippen molar-refractivity contribution in [3.8, 4) is 0 Å². The van der Waals surface area contributed by atoms with Crippen molar-refractivity contribution in [1.82, 2.24) is 10.6 Å². The highest BCUT2D eigenvalue weighted by atomic mass is 32.1. The van der Waals surface area contributed by atoms with Gasteiger partial charge in [0.1, 0.15) is 19.2 Å². The number of carbonyl (C=O) groups is 2. The molecule has 0 aromatic carbocycles. The molecule has 1 aliphatic carbocycles. The lowest BCUT2D eigenvalue weighted by atomic mass is 9.97. The van der Waals surface area contributed by atoms with Gasteiger partial charge < -0.3 is 15.0 Å². The van der Waals surface area contributed by atoms with Crippen LogP contribution in [0, 0.1) is 0 Å². The molecule has 1 aromatic rings. The Kier molecular flexibility index (Phi) is 8.51. The van der Waals surface area contributed by atoms with E-state index in [9.17, 15) is 9.59 Å². The predicted molar refractivity (Wildman–Crippen MR) is 110 cm³/mol. The Morgan fingerprint density at radius 3 is 2.93 bits per heavy atom. The number of carbonyl (C=O) groups excluding carboxylic acids is 2. The zero-order valence-electron chi connectivity index (χ0n) is 16.5. The zero-order chi connectivity index (χ0) is 19.6. The summed E-state index contributed by atoms with van der Waals surface area (Å²) in [5.41, 5.74) is 1.42. The molecule has 1 fully saturated rings. The molecule has 0 spiro atoms. The van der Waals surface area contributed by atoms with Crippen LogP contribution in [0.4, 0.5) is 4.79 Å². The van der Waals surface area contributed by atoms with E-state index < -0.39 is 6.03 Å². The quantitative estimate of drug-likeness (QED) is 0.550. The molecule has 0 bridgehead atoms. The van der Waals surface area contributed by atoms with Gasteiger partial charge in [-0.15, -0.1) is 11.3 Å². The minimum Gasteiger partial charge on any atom is -0.372 e. The van der Waals surface area contributed by atoms with Crippen molar-refractivity contribution in [3.05, 3.63) is 34.0 Å². The largest absolute Gasteiger partial charge is 0.372 e. The minimum absolute atomic E-state index is 0.209. The molecule has 2 heterocycles. The maximum Gasteiger partial charge on any atom is 0.321 e. The molecule has 1 aliphatic heterocycles. The lowest BCUT2D eigenvalue weighted by molar-refractivity contribution is -0.908. The van der Waals surface area contributed by atoms with Crippen LogP contribution in [0.5, 0.6) is 0 Å². The molecule has 3 N–H and O–H groups in total. The van der Waals surface area contributed by atoms with Gasteiger partial charge in [0, 0.05) is 13.2 Å². The van der Waals surface area contributed by atoms with E-state index in [4.69, 9.17) is 4.74 Å². The Labute approximate surface area is 171 Å². The van der Waals surface area contributed by atoms with Crippen LogP contribution < -0.4 is 15.5 Å². The molecule has 6 nitrogen and oxygen atoms in total. The zero-order valence-corrected chi connectivity index (χ0v) is 17.3. The Balaban J connectivity index is 1.41. The monoisotopic (exact) mass is 406 g/mol. The molecule has 2 atom stereocenters. The van der Waals surface area contributed by atoms with E-state index in [1.165, 1.54) is 23.3 Å². The van der Waals surface area contributed by atoms with Gasteiger partial charge in [-0.05, 0) is 56.4 Å². The van der Waals surface area contributed by atoms with Gasteiger partial charge in [-0.3, -0.25) is 10.1 Å². The van der Waals surface area contributed by atoms with E-state index in [1.807, 2.05) is 11.4 Å². The third-order valence-corrected chi connectivity index (χ3v) is 6.20. The van der Waals surface area contributed by atoms with Crippen LogP contribution in [-0.4, -0.2) is 44.3 Å². The van der Waals surface area contributed by atoms with Crippen LogP contribution in [0.3, 0.4) is 0 Å². The molecule has 0 saturated carbocycles. The van der Waals surface area contributed by atoms with Gasteiger partial charge in [-0.25, -0.2) is 4.79 Å². The molecule has 1 unspecified atom stereocenters. The fourth-order valence-corrected chi connectivity index (χ4v) is 4.68. The first kappa shape index (κ1) is 21.0. The standard InChI is InChI=1S/C21H31N3O3S/c25-20(23-21(26)22-11-10-17-6-2-1-3-7-17)16-24(14-18-8-4-12-27-18)15-19-9-5-13-28-19/h5-6,9,13,18H,1-4,7-8,10-12,14-16H2,(H2,22,23,25,26)/p+1/t18-/m1/s1. The number of thiophene rings is 1. The summed E-state index contributed by atoms with van der Waals surface area (Å²) in [6.07, 6.45) is 10.3. The molecule has 3 amide bonds. The number of ether oxygens (including phenoxy) is 1. The van der Waals surface area contributed by atoms with Gasteiger partial charge in [-0.1, -0.05) is 17.7 Å². The van der Waals surface area contributed by atoms with Gasteiger partial charge in [-0.2, -0.15) is 0 Å². The Morgan fingerprint density at radius 1 is 1.29 bits per heavy atom. The highest BCUT2D eigenvalue weighted by molar-refractivity contribution is 7.09. The Morgan fingerprint density at radius 2 is 2.21 bits per heavy atom. The number of hydrogen-bond acceptors (Lipinski definition) is 4. The highest BCUT2D eigenvalue weighted by Crippen LogP contribution is 2.19. The number of quaternary nitrogens is 1. The number of rotatable bonds is 9. The fraction of sp³-hybridized carbons (Fsp3) is 0.619. The maximum atomic E-state index is 12.4. The van der Waals surface area contributed by atoms with E-state index in [-0.39, 0.29) is 18.6 Å². The van der Waals surface area contributed by atoms with E-state index in [0.717, 1.165) is 56.7 Å². The summed E-state index contributed by atoms with van der Waals surface area (Å²) in [6.45, 7) is 3.23. The van der Waals surface area contributed by atoms with Gasteiger partial charge in [0.25, 0.3) is 5.91 Å². The topological polar surface area (TPSA) is 71.9 Å². The molecule has 1 aromatic heterocycles. The second-order valence-corrected chi connectivity index (χ2v) is 8.72. The van der Waals surface area contributed by atoms with E-state index in [1.54, 1.807) is 11.3 Å². The summed E-state index contributed by atoms with van der Waals surface area (Å²) >= 11 is 1.70. The molecule has 7 heteroatoms. The van der Waals surface area contributed by atoms with Crippen molar-refractivity contribution < 1.29 is 19.2 Å². The number of urea groups is 1. The molecule has 3 rings (SSSR count). The molecular weight excluding hydrogens is 374 g/mol. The number of allylic oxidation sites excluding steroid dienone is 1. The van der Waals surface area contributed by atoms with Crippen LogP contribution >= 0.6 is 11.3 Å². The Hall–Kier alpha value is -1.70. The summed E-state index contributed by atoms with van der Waals surface area (Å²) in [5, 5.41) is 7.35. The van der Waals surface area contributed by atoms with E-state index >= 15 is 0 Å². The first-order chi connectivity index (χ1) is 13.7. The van der Waals surface area contributed by atoms with Crippen molar-refractivity contribution in [1.29, 1.82) is 0 Å². The third kappa shape index (κ3) is 7.37. The molecule has 28 heavy (non-hydrogen) atoms. The van der Waals surface area contributed by atoms with Crippen LogP contribution in [-0.2, 0) is 16.1 Å². The normalized spacial score (nSPS) is 20.4. The number of amides is 3. The van der Waals surface area contributed by atoms with Crippen LogP contribution in [0.25, 0.3) is 0 Å². The van der Waals surface area contributed by atoms with Gasteiger partial charge in [0.2, 0.25) is 0 Å². The summed E-state index contributed by atoms with van der Waals surface area (Å²) in [6, 6.07) is 3.72. The molecule has 2 aliphatic rings. The van der Waals surface area contributed by atoms with Gasteiger partial charge in [0.05, 0.1) is 4.88 Å². The molecular formula is C21H32N3O3S+. The second kappa shape index (κ2) is 11.3. The molecule has 1 saturated heterocycles. The number of nitrogens with one attached hydrogen (secondary N) is 3. The number of imide groups is 1. The summed E-state index contributed by atoms with van der Waals surface area (Å²) in [4.78, 5) is 26.8. The van der Waals surface area contributed by atoms with E-state index in [0.29, 0.717) is 6.54 Å². The van der Waals surface area contributed by atoms with Crippen LogP contribution in [0.1, 0.15) is 49.8 Å². The minimum atomic E-state index is -0.394. The molecule has 0 radical (unpaired) electrons. The van der Waals surface area contributed by atoms with Gasteiger partial charge in [0.15, 0.2) is 6.54 Å². The first-order valence-corrected chi connectivity index (χ1v) is 11.3. The average Bonchev–Trinajstić information content (AvgIpc) is 3.36. The average molecular weight is 407 g/mol. The lowest BCUT2D eigenvalue weighted by Crippen LogP contribution is -3.13. The fourth-order valence-electron chi connectivity index (χ4n) is 3.90. The van der Waals surface area contributed by atoms with Crippen molar-refractivity contribution in [2.45, 2.75) is 57.6 Å². The van der Waals surface area contributed by atoms with E-state index in [2.05, 4.69) is 22.8 Å². The predicted octanol–water partition coefficient (Wildman–Crippen LogP) is 2.03. The SMILES string of the molecule is O=C(C[NH+](Cc1cccs1)C[C@H]1CCCO1)NC(=O)NCCC1=CCCCC1. The second-order valence-electron chi connectivity index (χ2n) is 7.68. The first-order valence-electron chi connectivity index (χ1n) is 10.4. The molecule has 154 valence electrons.